The maximum Gasteiger partial charge on any atom is 0.0955 e. The highest BCUT2D eigenvalue weighted by Crippen LogP contribution is 2.03. The molecule has 0 amide bonds. The Hall–Kier alpha value is -0.590. The maximum absolute atomic E-state index is 8.86. The number of nitrogens with one attached hydrogen (secondary N) is 1. The lowest BCUT2D eigenvalue weighted by molar-refractivity contribution is 0.181. The van der Waals surface area contributed by atoms with E-state index in [2.05, 4.69) is 11.4 Å². The number of hydrogen-bond acceptors (Lipinski definition) is 3. The molecule has 11 heavy (non-hydrogen) atoms. The molecule has 0 aromatic heterocycles. The van der Waals surface area contributed by atoms with Crippen LogP contribution in [0.3, 0.4) is 0 Å². The number of rotatable bonds is 4. The molecular formula is C8H16N2O. The maximum atomic E-state index is 8.86. The van der Waals surface area contributed by atoms with Crippen LogP contribution in [0.2, 0.25) is 0 Å². The lowest BCUT2D eigenvalue weighted by Crippen LogP contribution is -2.47. The van der Waals surface area contributed by atoms with Gasteiger partial charge in [0, 0.05) is 5.54 Å². The minimum atomic E-state index is -0.351. The highest BCUT2D eigenvalue weighted by molar-refractivity contribution is 4.93. The second-order valence-corrected chi connectivity index (χ2v) is 3.28. The first-order valence-corrected chi connectivity index (χ1v) is 3.84. The van der Waals surface area contributed by atoms with Crippen molar-refractivity contribution in [3.63, 3.8) is 0 Å². The van der Waals surface area contributed by atoms with E-state index in [4.69, 9.17) is 10.4 Å². The van der Waals surface area contributed by atoms with Crippen molar-refractivity contribution >= 4 is 0 Å². The van der Waals surface area contributed by atoms with Gasteiger partial charge in [0.05, 0.1) is 18.7 Å². The molecule has 0 radical (unpaired) electrons. The Morgan fingerprint density at radius 2 is 2.18 bits per heavy atom. The summed E-state index contributed by atoms with van der Waals surface area (Å²) in [6, 6.07) is 1.96. The van der Waals surface area contributed by atoms with Crippen LogP contribution in [0.5, 0.6) is 0 Å². The van der Waals surface area contributed by atoms with Crippen molar-refractivity contribution < 1.29 is 5.11 Å². The molecule has 1 unspecified atom stereocenters. The molecule has 0 saturated heterocycles. The van der Waals surface area contributed by atoms with Crippen LogP contribution in [-0.4, -0.2) is 23.3 Å². The summed E-state index contributed by atoms with van der Waals surface area (Å²) in [5.74, 6) is 0. The molecule has 0 rings (SSSR count). The number of hydrogen-bond donors (Lipinski definition) is 2. The van der Waals surface area contributed by atoms with Crippen LogP contribution >= 0.6 is 0 Å². The predicted octanol–water partition coefficient (Wildman–Crippen LogP) is 0.649. The third-order valence-corrected chi connectivity index (χ3v) is 1.52. The molecule has 0 fully saturated rings. The minimum Gasteiger partial charge on any atom is -0.394 e. The zero-order chi connectivity index (χ0) is 8.91. The number of nitrogens with zero attached hydrogens (tertiary/aromatic N) is 1. The Kier molecular flexibility index (Phi) is 4.09. The summed E-state index contributed by atoms with van der Waals surface area (Å²) in [6.45, 7) is 5.72. The summed E-state index contributed by atoms with van der Waals surface area (Å²) in [5, 5.41) is 20.5. The van der Waals surface area contributed by atoms with Crippen LogP contribution in [-0.2, 0) is 0 Å². The molecule has 2 N–H and O–H groups in total. The molecule has 3 nitrogen and oxygen atoms in total. The Morgan fingerprint density at radius 3 is 2.45 bits per heavy atom. The molecule has 0 aliphatic rings. The highest BCUT2D eigenvalue weighted by atomic mass is 16.3. The molecule has 0 bridgehead atoms. The van der Waals surface area contributed by atoms with Gasteiger partial charge in [-0.1, -0.05) is 6.92 Å². The van der Waals surface area contributed by atoms with Crippen molar-refractivity contribution in [2.45, 2.75) is 38.8 Å². The highest BCUT2D eigenvalue weighted by Gasteiger charge is 2.19. The van der Waals surface area contributed by atoms with Crippen LogP contribution in [0.25, 0.3) is 0 Å². The first-order valence-electron chi connectivity index (χ1n) is 3.84. The molecule has 1 atom stereocenters. The second kappa shape index (κ2) is 4.32. The van der Waals surface area contributed by atoms with Gasteiger partial charge in [-0.15, -0.1) is 0 Å². The fourth-order valence-electron chi connectivity index (χ4n) is 0.743. The average molecular weight is 156 g/mol. The normalized spacial score (nSPS) is 14.1. The fourth-order valence-corrected chi connectivity index (χ4v) is 0.743. The number of aliphatic hydroxyl groups excluding tert-OH is 1. The molecule has 0 aliphatic heterocycles. The van der Waals surface area contributed by atoms with Gasteiger partial charge in [0.15, 0.2) is 0 Å². The summed E-state index contributed by atoms with van der Waals surface area (Å²) in [7, 11) is 0. The first-order chi connectivity index (χ1) is 5.05. The Morgan fingerprint density at radius 1 is 1.64 bits per heavy atom. The van der Waals surface area contributed by atoms with Gasteiger partial charge in [-0.25, -0.2) is 0 Å². The zero-order valence-electron chi connectivity index (χ0n) is 7.39. The van der Waals surface area contributed by atoms with Gasteiger partial charge >= 0.3 is 0 Å². The van der Waals surface area contributed by atoms with E-state index in [-0.39, 0.29) is 18.2 Å². The van der Waals surface area contributed by atoms with Crippen LogP contribution in [0.1, 0.15) is 27.2 Å². The molecule has 0 heterocycles. The summed E-state index contributed by atoms with van der Waals surface area (Å²) >= 11 is 0. The van der Waals surface area contributed by atoms with Gasteiger partial charge in [0.2, 0.25) is 0 Å². The van der Waals surface area contributed by atoms with E-state index in [1.807, 2.05) is 20.8 Å². The second-order valence-electron chi connectivity index (χ2n) is 3.28. The SMILES string of the molecule is CCC(C#N)NC(C)(C)CO. The van der Waals surface area contributed by atoms with Crippen molar-refractivity contribution in [3.8, 4) is 6.07 Å². The smallest absolute Gasteiger partial charge is 0.0955 e. The third kappa shape index (κ3) is 3.97. The van der Waals surface area contributed by atoms with Gasteiger partial charge in [-0.2, -0.15) is 5.26 Å². The lowest BCUT2D eigenvalue weighted by atomic mass is 10.1. The van der Waals surface area contributed by atoms with E-state index in [9.17, 15) is 0 Å². The van der Waals surface area contributed by atoms with Gasteiger partial charge in [0.1, 0.15) is 0 Å². The molecule has 0 spiro atoms. The molecule has 0 aromatic rings. The van der Waals surface area contributed by atoms with Gasteiger partial charge in [-0.05, 0) is 20.3 Å². The summed E-state index contributed by atoms with van der Waals surface area (Å²) in [6.07, 6.45) is 0.764. The van der Waals surface area contributed by atoms with Crippen LogP contribution < -0.4 is 5.32 Å². The fraction of sp³-hybridized carbons (Fsp3) is 0.875. The zero-order valence-corrected chi connectivity index (χ0v) is 7.39. The van der Waals surface area contributed by atoms with E-state index < -0.39 is 0 Å². The molecule has 0 aromatic carbocycles. The Labute approximate surface area is 68.0 Å². The predicted molar refractivity (Wildman–Crippen MR) is 44.0 cm³/mol. The summed E-state index contributed by atoms with van der Waals surface area (Å²) in [4.78, 5) is 0. The van der Waals surface area contributed by atoms with E-state index >= 15 is 0 Å². The van der Waals surface area contributed by atoms with Crippen LogP contribution in [0, 0.1) is 11.3 Å². The molecule has 64 valence electrons. The average Bonchev–Trinajstić information content (AvgIpc) is 2.00. The number of aliphatic hydroxyl groups is 1. The van der Waals surface area contributed by atoms with Gasteiger partial charge < -0.3 is 5.11 Å². The quantitative estimate of drug-likeness (QED) is 0.628. The summed E-state index contributed by atoms with van der Waals surface area (Å²) in [5.41, 5.74) is -0.351. The summed E-state index contributed by atoms with van der Waals surface area (Å²) < 4.78 is 0. The molecule has 0 saturated carbocycles. The standard InChI is InChI=1S/C8H16N2O/c1-4-7(5-9)10-8(2,3)6-11/h7,10-11H,4,6H2,1-3H3. The van der Waals surface area contributed by atoms with Gasteiger partial charge in [0.25, 0.3) is 0 Å². The van der Waals surface area contributed by atoms with Gasteiger partial charge in [-0.3, -0.25) is 5.32 Å². The van der Waals surface area contributed by atoms with E-state index in [1.54, 1.807) is 0 Å². The third-order valence-electron chi connectivity index (χ3n) is 1.52. The van der Waals surface area contributed by atoms with Crippen molar-refractivity contribution in [1.82, 2.24) is 5.32 Å². The molecule has 0 aliphatic carbocycles. The molecular weight excluding hydrogens is 140 g/mol. The van der Waals surface area contributed by atoms with E-state index in [0.717, 1.165) is 6.42 Å². The number of nitriles is 1. The van der Waals surface area contributed by atoms with Crippen molar-refractivity contribution in [1.29, 1.82) is 5.26 Å². The van der Waals surface area contributed by atoms with Crippen molar-refractivity contribution in [2.75, 3.05) is 6.61 Å². The van der Waals surface area contributed by atoms with Crippen molar-refractivity contribution in [3.05, 3.63) is 0 Å². The first kappa shape index (κ1) is 10.4. The largest absolute Gasteiger partial charge is 0.394 e. The monoisotopic (exact) mass is 156 g/mol. The Bertz CT molecular complexity index is 149. The Balaban J connectivity index is 3.92. The lowest BCUT2D eigenvalue weighted by Gasteiger charge is -2.26. The van der Waals surface area contributed by atoms with Crippen molar-refractivity contribution in [2.24, 2.45) is 0 Å². The van der Waals surface area contributed by atoms with E-state index in [0.29, 0.717) is 0 Å². The van der Waals surface area contributed by atoms with Crippen LogP contribution in [0.4, 0.5) is 0 Å². The topological polar surface area (TPSA) is 56.0 Å². The van der Waals surface area contributed by atoms with E-state index in [1.165, 1.54) is 0 Å². The minimum absolute atomic E-state index is 0.0468. The van der Waals surface area contributed by atoms with Crippen LogP contribution in [0.15, 0.2) is 0 Å². The molecule has 3 heteroatoms.